The third kappa shape index (κ3) is 6.70. The molecule has 0 aromatic carbocycles. The van der Waals surface area contributed by atoms with E-state index in [0.717, 1.165) is 0 Å². The van der Waals surface area contributed by atoms with Gasteiger partial charge in [0.15, 0.2) is 0 Å². The molecule has 0 spiro atoms. The third-order valence-corrected chi connectivity index (χ3v) is 4.88. The molecule has 0 saturated carbocycles. The van der Waals surface area contributed by atoms with Gasteiger partial charge in [0.1, 0.15) is 11.5 Å². The Morgan fingerprint density at radius 1 is 1.47 bits per heavy atom. The standard InChI is InChI=1S/C9H16O4S2/c1-4-14(9(10)8(2)3)6-5-7-15(11,12)13/h2,4-7H2,1,3H3. The van der Waals surface area contributed by atoms with Crippen molar-refractivity contribution in [2.24, 2.45) is 0 Å². The SMILES string of the molecule is C=C(C)C(=O)[S+](CC)CCCS(=O)(=O)[O-]. The highest BCUT2D eigenvalue weighted by Gasteiger charge is 2.26. The van der Waals surface area contributed by atoms with Crippen molar-refractivity contribution in [3.8, 4) is 0 Å². The average Bonchev–Trinajstić information content (AvgIpc) is 2.09. The number of hydrogen-bond acceptors (Lipinski definition) is 4. The van der Waals surface area contributed by atoms with Gasteiger partial charge in [-0.3, -0.25) is 0 Å². The van der Waals surface area contributed by atoms with Crippen molar-refractivity contribution in [2.75, 3.05) is 17.3 Å². The lowest BCUT2D eigenvalue weighted by Crippen LogP contribution is -2.23. The zero-order valence-electron chi connectivity index (χ0n) is 8.99. The molecule has 0 amide bonds. The summed E-state index contributed by atoms with van der Waals surface area (Å²) >= 11 is 0. The monoisotopic (exact) mass is 252 g/mol. The first-order valence-corrected chi connectivity index (χ1v) is 7.73. The molecular weight excluding hydrogens is 236 g/mol. The van der Waals surface area contributed by atoms with Crippen LogP contribution in [0.15, 0.2) is 12.2 Å². The molecule has 88 valence electrons. The summed E-state index contributed by atoms with van der Waals surface area (Å²) in [7, 11) is -4.64. The van der Waals surface area contributed by atoms with Crippen LogP contribution < -0.4 is 0 Å². The van der Waals surface area contributed by atoms with Crippen LogP contribution in [0.2, 0.25) is 0 Å². The Morgan fingerprint density at radius 3 is 2.33 bits per heavy atom. The van der Waals surface area contributed by atoms with Crippen LogP contribution >= 0.6 is 0 Å². The maximum atomic E-state index is 11.5. The summed E-state index contributed by atoms with van der Waals surface area (Å²) in [4.78, 5) is 11.5. The van der Waals surface area contributed by atoms with E-state index in [-0.39, 0.29) is 17.3 Å². The van der Waals surface area contributed by atoms with E-state index in [1.165, 1.54) is 0 Å². The average molecular weight is 252 g/mol. The molecule has 6 heteroatoms. The van der Waals surface area contributed by atoms with Crippen LogP contribution in [0.1, 0.15) is 20.3 Å². The van der Waals surface area contributed by atoms with Gasteiger partial charge in [-0.2, -0.15) is 0 Å². The highest BCUT2D eigenvalue weighted by atomic mass is 32.2. The van der Waals surface area contributed by atoms with E-state index < -0.39 is 21.0 Å². The predicted octanol–water partition coefficient (Wildman–Crippen LogP) is 0.663. The Kier molecular flexibility index (Phi) is 6.16. The van der Waals surface area contributed by atoms with Crippen LogP contribution in [0.5, 0.6) is 0 Å². The lowest BCUT2D eigenvalue weighted by molar-refractivity contribution is -0.108. The lowest BCUT2D eigenvalue weighted by Gasteiger charge is -2.07. The molecule has 0 aromatic rings. The molecule has 0 N–H and O–H groups in total. The van der Waals surface area contributed by atoms with Gasteiger partial charge in [0.25, 0.3) is 0 Å². The molecule has 0 bridgehead atoms. The summed E-state index contributed by atoms with van der Waals surface area (Å²) in [5.41, 5.74) is 0.491. The first-order valence-electron chi connectivity index (χ1n) is 4.58. The van der Waals surface area contributed by atoms with Gasteiger partial charge in [-0.05, 0) is 13.8 Å². The molecular formula is C9H16O4S2. The van der Waals surface area contributed by atoms with Crippen molar-refractivity contribution in [3.63, 3.8) is 0 Å². The van der Waals surface area contributed by atoms with E-state index in [9.17, 15) is 17.8 Å². The highest BCUT2D eigenvalue weighted by molar-refractivity contribution is 8.11. The Hall–Kier alpha value is -0.330. The van der Waals surface area contributed by atoms with Gasteiger partial charge >= 0.3 is 5.12 Å². The number of carbonyl (C=O) groups excluding carboxylic acids is 1. The van der Waals surface area contributed by atoms with Crippen molar-refractivity contribution in [1.82, 2.24) is 0 Å². The Morgan fingerprint density at radius 2 is 2.00 bits per heavy atom. The van der Waals surface area contributed by atoms with E-state index in [1.807, 2.05) is 6.92 Å². The topological polar surface area (TPSA) is 74.3 Å². The minimum absolute atomic E-state index is 0.0132. The fraction of sp³-hybridized carbons (Fsp3) is 0.667. The van der Waals surface area contributed by atoms with E-state index >= 15 is 0 Å². The third-order valence-electron chi connectivity index (χ3n) is 1.74. The van der Waals surface area contributed by atoms with E-state index in [0.29, 0.717) is 17.1 Å². The molecule has 15 heavy (non-hydrogen) atoms. The van der Waals surface area contributed by atoms with Crippen molar-refractivity contribution in [3.05, 3.63) is 12.2 Å². The molecule has 0 fully saturated rings. The van der Waals surface area contributed by atoms with E-state index in [4.69, 9.17) is 0 Å². The number of rotatable bonds is 6. The number of hydrogen-bond donors (Lipinski definition) is 0. The van der Waals surface area contributed by atoms with Crippen LogP contribution in [0.4, 0.5) is 0 Å². The molecule has 0 aromatic heterocycles. The minimum atomic E-state index is -4.15. The van der Waals surface area contributed by atoms with Crippen molar-refractivity contribution in [1.29, 1.82) is 0 Å². The molecule has 4 nitrogen and oxygen atoms in total. The van der Waals surface area contributed by atoms with Crippen LogP contribution in [0, 0.1) is 0 Å². The zero-order valence-corrected chi connectivity index (χ0v) is 10.6. The highest BCUT2D eigenvalue weighted by Crippen LogP contribution is 2.07. The van der Waals surface area contributed by atoms with Gasteiger partial charge < -0.3 is 4.55 Å². The van der Waals surface area contributed by atoms with Gasteiger partial charge in [0.2, 0.25) is 0 Å². The summed E-state index contributed by atoms with van der Waals surface area (Å²) in [5.74, 6) is 0.744. The van der Waals surface area contributed by atoms with Gasteiger partial charge in [0.05, 0.1) is 21.0 Å². The second kappa shape index (κ2) is 6.30. The lowest BCUT2D eigenvalue weighted by atomic mass is 10.4. The summed E-state index contributed by atoms with van der Waals surface area (Å²) in [5, 5.41) is -0.0132. The maximum Gasteiger partial charge on any atom is 0.357 e. The van der Waals surface area contributed by atoms with Crippen molar-refractivity contribution in [2.45, 2.75) is 20.3 Å². The fourth-order valence-electron chi connectivity index (χ4n) is 1.02. The van der Waals surface area contributed by atoms with Crippen LogP contribution in [-0.4, -0.2) is 35.3 Å². The molecule has 1 unspecified atom stereocenters. The van der Waals surface area contributed by atoms with Gasteiger partial charge in [0, 0.05) is 17.7 Å². The summed E-state index contributed by atoms with van der Waals surface area (Å²) < 4.78 is 31.0. The first kappa shape index (κ1) is 14.7. The van der Waals surface area contributed by atoms with Crippen molar-refractivity contribution >= 4 is 26.1 Å². The fourth-order valence-corrected chi connectivity index (χ4v) is 3.43. The largest absolute Gasteiger partial charge is 0.748 e. The quantitative estimate of drug-likeness (QED) is 0.395. The molecule has 1 atom stereocenters. The van der Waals surface area contributed by atoms with Crippen LogP contribution in [-0.2, 0) is 25.8 Å². The van der Waals surface area contributed by atoms with E-state index in [2.05, 4.69) is 6.58 Å². The van der Waals surface area contributed by atoms with Crippen molar-refractivity contribution < 1.29 is 17.8 Å². The zero-order chi connectivity index (χ0) is 12.1. The predicted molar refractivity (Wildman–Crippen MR) is 61.8 cm³/mol. The molecule has 0 radical (unpaired) electrons. The number of carbonyl (C=O) groups is 1. The first-order chi connectivity index (χ1) is 6.78. The Labute approximate surface area is 93.9 Å². The van der Waals surface area contributed by atoms with Gasteiger partial charge in [-0.25, -0.2) is 13.2 Å². The van der Waals surface area contributed by atoms with Crippen LogP contribution in [0.3, 0.4) is 0 Å². The summed E-state index contributed by atoms with van der Waals surface area (Å²) in [6.45, 7) is 7.07. The Balaban J connectivity index is 4.13. The van der Waals surface area contributed by atoms with Gasteiger partial charge in [-0.15, -0.1) is 0 Å². The second-order valence-electron chi connectivity index (χ2n) is 3.17. The minimum Gasteiger partial charge on any atom is -0.748 e. The molecule has 0 aliphatic heterocycles. The normalized spacial score (nSPS) is 13.5. The smallest absolute Gasteiger partial charge is 0.357 e. The molecule has 0 heterocycles. The molecule has 0 saturated heterocycles. The van der Waals surface area contributed by atoms with Crippen LogP contribution in [0.25, 0.3) is 0 Å². The molecule has 0 aliphatic carbocycles. The summed E-state index contributed by atoms with van der Waals surface area (Å²) in [6, 6.07) is 0. The Bertz CT molecular complexity index is 332. The molecule has 0 aliphatic rings. The van der Waals surface area contributed by atoms with Gasteiger partial charge in [-0.1, -0.05) is 6.58 Å². The summed E-state index contributed by atoms with van der Waals surface area (Å²) in [6.07, 6.45) is 0.252. The molecule has 0 rings (SSSR count). The second-order valence-corrected chi connectivity index (χ2v) is 7.03. The van der Waals surface area contributed by atoms with E-state index in [1.54, 1.807) is 6.92 Å². The maximum absolute atomic E-state index is 11.5.